The van der Waals surface area contributed by atoms with E-state index in [2.05, 4.69) is 25.5 Å². The molecule has 1 fully saturated rings. The van der Waals surface area contributed by atoms with Crippen molar-refractivity contribution in [3.63, 3.8) is 0 Å². The number of alkyl halides is 5. The Balaban J connectivity index is 1.86. The Morgan fingerprint density at radius 2 is 1.93 bits per heavy atom. The third-order valence-electron chi connectivity index (χ3n) is 7.12. The van der Waals surface area contributed by atoms with Crippen LogP contribution in [-0.4, -0.2) is 76.7 Å². The van der Waals surface area contributed by atoms with E-state index < -0.39 is 57.6 Å². The molecule has 1 saturated carbocycles. The zero-order valence-electron chi connectivity index (χ0n) is 23.1. The first-order chi connectivity index (χ1) is 19.5. The molecule has 3 N–H and O–H groups in total. The van der Waals surface area contributed by atoms with Gasteiger partial charge in [-0.05, 0) is 39.0 Å². The summed E-state index contributed by atoms with van der Waals surface area (Å²) in [4.78, 5) is 17.1. The van der Waals surface area contributed by atoms with Gasteiger partial charge in [0.2, 0.25) is 0 Å². The van der Waals surface area contributed by atoms with Crippen LogP contribution in [0.3, 0.4) is 0 Å². The van der Waals surface area contributed by atoms with Gasteiger partial charge < -0.3 is 20.5 Å². The fourth-order valence-corrected chi connectivity index (χ4v) is 6.22. The Morgan fingerprint density at radius 1 is 1.29 bits per heavy atom. The maximum Gasteiger partial charge on any atom is 0.391 e. The largest absolute Gasteiger partial charge is 0.434 e. The molecule has 0 radical (unpaired) electrons. The van der Waals surface area contributed by atoms with Gasteiger partial charge in [0.25, 0.3) is 5.91 Å². The molecule has 0 saturated heterocycles. The van der Waals surface area contributed by atoms with Gasteiger partial charge in [0, 0.05) is 37.7 Å². The number of carbonyl (C=O) groups excluding carboxylic acids is 1. The number of hydrogen-bond acceptors (Lipinski definition) is 8. The molecule has 3 rings (SSSR count). The average molecular weight is 646 g/mol. The number of amides is 1. The normalized spacial score (nSPS) is 20.4. The minimum absolute atomic E-state index is 0.00808. The molecule has 0 aromatic carbocycles. The van der Waals surface area contributed by atoms with Gasteiger partial charge >= 0.3 is 12.8 Å². The molecule has 1 aliphatic carbocycles. The number of ether oxygens (including phenoxy) is 1. The minimum Gasteiger partial charge on any atom is -0.434 e. The lowest BCUT2D eigenvalue weighted by Gasteiger charge is -2.35. The second kappa shape index (κ2) is 13.3. The number of rotatable bonds is 12. The van der Waals surface area contributed by atoms with E-state index in [4.69, 9.17) is 11.6 Å². The lowest BCUT2D eigenvalue weighted by atomic mass is 9.84. The van der Waals surface area contributed by atoms with Crippen molar-refractivity contribution in [2.24, 2.45) is 0 Å². The predicted molar refractivity (Wildman–Crippen MR) is 146 cm³/mol. The molecule has 17 heteroatoms. The Hall–Kier alpha value is -2.72. The van der Waals surface area contributed by atoms with Crippen LogP contribution < -0.4 is 15.4 Å². The zero-order chi connectivity index (χ0) is 31.5. The van der Waals surface area contributed by atoms with Crippen molar-refractivity contribution in [2.45, 2.75) is 88.6 Å². The highest BCUT2D eigenvalue weighted by Gasteiger charge is 2.37. The van der Waals surface area contributed by atoms with Gasteiger partial charge in [0.05, 0.1) is 33.6 Å². The van der Waals surface area contributed by atoms with E-state index in [1.807, 2.05) is 0 Å². The molecule has 1 aliphatic rings. The standard InChI is InChI=1S/C25H33ClF5N5O5S/c1-4-14(11-25(29,30)31)34-18-10-17(41-23(27)28)16(12-32-18)21-19(26)20(35-36(21)5-2)22(37)33-13-24(38)8-6-15(7-9-24)42(3,39)40/h10,12,14-15,23,38H,4-9,11,13H2,1-3H3,(H,32,34)(H,33,37)/t14?,15-,24+. The van der Waals surface area contributed by atoms with E-state index >= 15 is 0 Å². The van der Waals surface area contributed by atoms with E-state index in [0.717, 1.165) is 18.5 Å². The van der Waals surface area contributed by atoms with Crippen LogP contribution in [0.4, 0.5) is 27.8 Å². The summed E-state index contributed by atoms with van der Waals surface area (Å²) in [5.74, 6) is -1.36. The van der Waals surface area contributed by atoms with Gasteiger partial charge in [-0.25, -0.2) is 13.4 Å². The molecule has 0 aliphatic heterocycles. The third-order valence-corrected chi connectivity index (χ3v) is 9.16. The predicted octanol–water partition coefficient (Wildman–Crippen LogP) is 4.81. The number of anilines is 1. The Labute approximate surface area is 244 Å². The molecule has 2 aromatic rings. The highest BCUT2D eigenvalue weighted by Crippen LogP contribution is 2.39. The average Bonchev–Trinajstić information content (AvgIpc) is 3.21. The van der Waals surface area contributed by atoms with E-state index in [1.54, 1.807) is 6.92 Å². The second-order valence-electron chi connectivity index (χ2n) is 10.3. The van der Waals surface area contributed by atoms with Crippen LogP contribution in [0, 0.1) is 0 Å². The lowest BCUT2D eigenvalue weighted by Crippen LogP contribution is -2.47. The maximum absolute atomic E-state index is 13.3. The van der Waals surface area contributed by atoms with Crippen molar-refractivity contribution >= 4 is 33.2 Å². The number of halogens is 6. The van der Waals surface area contributed by atoms with Crippen molar-refractivity contribution in [1.82, 2.24) is 20.1 Å². The van der Waals surface area contributed by atoms with Crippen molar-refractivity contribution in [3.05, 3.63) is 23.0 Å². The first kappa shape index (κ1) is 33.8. The molecule has 2 aromatic heterocycles. The number of pyridine rings is 1. The van der Waals surface area contributed by atoms with Crippen molar-refractivity contribution in [3.8, 4) is 17.0 Å². The summed E-state index contributed by atoms with van der Waals surface area (Å²) >= 11 is 6.51. The summed E-state index contributed by atoms with van der Waals surface area (Å²) < 4.78 is 94.8. The van der Waals surface area contributed by atoms with Crippen molar-refractivity contribution < 1.29 is 45.0 Å². The van der Waals surface area contributed by atoms with Gasteiger partial charge in [-0.1, -0.05) is 18.5 Å². The molecule has 1 unspecified atom stereocenters. The number of nitrogens with one attached hydrogen (secondary N) is 2. The van der Waals surface area contributed by atoms with Gasteiger partial charge in [0.15, 0.2) is 5.69 Å². The summed E-state index contributed by atoms with van der Waals surface area (Å²) in [5.41, 5.74) is -1.69. The van der Waals surface area contributed by atoms with Crippen LogP contribution in [0.25, 0.3) is 11.3 Å². The van der Waals surface area contributed by atoms with E-state index in [1.165, 1.54) is 11.6 Å². The summed E-state index contributed by atoms with van der Waals surface area (Å²) in [5, 5.41) is 19.4. The second-order valence-corrected chi connectivity index (χ2v) is 13.0. The number of aliphatic hydroxyl groups is 1. The number of hydrogen-bond donors (Lipinski definition) is 3. The van der Waals surface area contributed by atoms with Crippen molar-refractivity contribution in [2.75, 3.05) is 18.1 Å². The van der Waals surface area contributed by atoms with Crippen LogP contribution in [0.5, 0.6) is 5.75 Å². The number of nitrogens with zero attached hydrogens (tertiary/aromatic N) is 3. The molecular formula is C25H33ClF5N5O5S. The molecule has 42 heavy (non-hydrogen) atoms. The lowest BCUT2D eigenvalue weighted by molar-refractivity contribution is -0.137. The smallest absolute Gasteiger partial charge is 0.391 e. The van der Waals surface area contributed by atoms with Crippen LogP contribution in [0.15, 0.2) is 12.3 Å². The fourth-order valence-electron chi connectivity index (χ4n) is 4.81. The SMILES string of the molecule is CCC(CC(F)(F)F)Nc1cc(OC(F)F)c(-c2c(Cl)c(C(=O)NC[C@]3(O)CC[C@@H](S(C)(=O)=O)CC3)nn2CC)cn1. The van der Waals surface area contributed by atoms with E-state index in [-0.39, 0.29) is 73.0 Å². The maximum atomic E-state index is 13.3. The molecule has 236 valence electrons. The van der Waals surface area contributed by atoms with Crippen LogP contribution in [-0.2, 0) is 16.4 Å². The fraction of sp³-hybridized carbons (Fsp3) is 0.640. The van der Waals surface area contributed by atoms with Gasteiger partial charge in [-0.2, -0.15) is 27.1 Å². The number of sulfone groups is 1. The molecule has 0 spiro atoms. The number of aryl methyl sites for hydroxylation is 1. The summed E-state index contributed by atoms with van der Waals surface area (Å²) in [6, 6.07) is -0.0505. The highest BCUT2D eigenvalue weighted by molar-refractivity contribution is 7.91. The summed E-state index contributed by atoms with van der Waals surface area (Å²) in [6.07, 6.45) is -2.56. The van der Waals surface area contributed by atoms with E-state index in [9.17, 15) is 40.3 Å². The number of carbonyl (C=O) groups is 1. The van der Waals surface area contributed by atoms with Gasteiger partial charge in [-0.3, -0.25) is 9.48 Å². The van der Waals surface area contributed by atoms with Crippen molar-refractivity contribution in [1.29, 1.82) is 0 Å². The molecule has 1 amide bonds. The molecule has 1 atom stereocenters. The van der Waals surface area contributed by atoms with Crippen LogP contribution in [0.2, 0.25) is 5.02 Å². The Morgan fingerprint density at radius 3 is 2.45 bits per heavy atom. The molecule has 2 heterocycles. The van der Waals surface area contributed by atoms with Crippen LogP contribution >= 0.6 is 11.6 Å². The summed E-state index contributed by atoms with van der Waals surface area (Å²) in [6.45, 7) is -0.187. The summed E-state index contributed by atoms with van der Waals surface area (Å²) in [7, 11) is -3.26. The van der Waals surface area contributed by atoms with Gasteiger partial charge in [0.1, 0.15) is 21.4 Å². The first-order valence-corrected chi connectivity index (χ1v) is 15.5. The molecular weight excluding hydrogens is 613 g/mol. The quantitative estimate of drug-likeness (QED) is 0.280. The Kier molecular flexibility index (Phi) is 10.7. The number of aromatic nitrogens is 3. The monoisotopic (exact) mass is 645 g/mol. The topological polar surface area (TPSA) is 135 Å². The Bertz CT molecular complexity index is 1360. The zero-order valence-corrected chi connectivity index (χ0v) is 24.7. The highest BCUT2D eigenvalue weighted by atomic mass is 35.5. The van der Waals surface area contributed by atoms with Gasteiger partial charge in [-0.15, -0.1) is 0 Å². The first-order valence-electron chi connectivity index (χ1n) is 13.2. The molecule has 10 nitrogen and oxygen atoms in total. The minimum atomic E-state index is -4.46. The van der Waals surface area contributed by atoms with Crippen LogP contribution in [0.1, 0.15) is 62.9 Å². The van der Waals surface area contributed by atoms with E-state index in [0.29, 0.717) is 0 Å². The molecule has 0 bridgehead atoms. The third kappa shape index (κ3) is 8.66.